The Morgan fingerprint density at radius 1 is 1.35 bits per heavy atom. The standard InChI is InChI=1S/C10H16N4O2S/c1-13-7-10(4-12-13)17(15,16)14-5-8-2-11-3-9(8)6-14/h4,7-9,11H,2-3,5-6H2,1H3/t8-,9+. The Labute approximate surface area is 101 Å². The van der Waals surface area contributed by atoms with Gasteiger partial charge >= 0.3 is 0 Å². The Kier molecular flexibility index (Phi) is 2.49. The lowest BCUT2D eigenvalue weighted by Crippen LogP contribution is -2.31. The number of hydrogen-bond donors (Lipinski definition) is 1. The summed E-state index contributed by atoms with van der Waals surface area (Å²) in [5, 5.41) is 7.23. The van der Waals surface area contributed by atoms with Crippen molar-refractivity contribution >= 4 is 10.0 Å². The van der Waals surface area contributed by atoms with Gasteiger partial charge in [-0.05, 0) is 24.9 Å². The van der Waals surface area contributed by atoms with Crippen molar-refractivity contribution in [2.75, 3.05) is 26.2 Å². The Morgan fingerprint density at radius 3 is 2.53 bits per heavy atom. The van der Waals surface area contributed by atoms with Crippen LogP contribution in [0.5, 0.6) is 0 Å². The van der Waals surface area contributed by atoms with Crippen molar-refractivity contribution in [3.63, 3.8) is 0 Å². The third-order valence-electron chi connectivity index (χ3n) is 3.67. The molecule has 2 fully saturated rings. The fraction of sp³-hybridized carbons (Fsp3) is 0.700. The average molecular weight is 256 g/mol. The fourth-order valence-corrected chi connectivity index (χ4v) is 4.23. The third kappa shape index (κ3) is 1.78. The molecule has 2 aliphatic heterocycles. The summed E-state index contributed by atoms with van der Waals surface area (Å²) >= 11 is 0. The number of fused-ring (bicyclic) bond motifs is 1. The predicted octanol–water partition coefficient (Wildman–Crippen LogP) is -0.740. The normalized spacial score (nSPS) is 29.7. The van der Waals surface area contributed by atoms with Crippen LogP contribution in [0.2, 0.25) is 0 Å². The Morgan fingerprint density at radius 2 is 2.00 bits per heavy atom. The second kappa shape index (κ2) is 3.79. The van der Waals surface area contributed by atoms with Crippen molar-refractivity contribution in [2.24, 2.45) is 18.9 Å². The van der Waals surface area contributed by atoms with E-state index in [2.05, 4.69) is 10.4 Å². The summed E-state index contributed by atoms with van der Waals surface area (Å²) in [4.78, 5) is 0.299. The first kappa shape index (κ1) is 11.2. The Bertz CT molecular complexity index is 512. The molecule has 2 atom stereocenters. The lowest BCUT2D eigenvalue weighted by molar-refractivity contribution is 0.448. The van der Waals surface area contributed by atoms with Gasteiger partial charge in [0.05, 0.1) is 6.20 Å². The first-order chi connectivity index (χ1) is 8.07. The maximum atomic E-state index is 12.3. The molecule has 0 radical (unpaired) electrons. The molecular formula is C10H16N4O2S. The minimum atomic E-state index is -3.34. The van der Waals surface area contributed by atoms with Gasteiger partial charge in [-0.15, -0.1) is 0 Å². The quantitative estimate of drug-likeness (QED) is 0.757. The highest BCUT2D eigenvalue weighted by Gasteiger charge is 2.41. The van der Waals surface area contributed by atoms with Gasteiger partial charge in [0, 0.05) is 26.3 Å². The van der Waals surface area contributed by atoms with Crippen LogP contribution in [-0.4, -0.2) is 48.7 Å². The molecule has 94 valence electrons. The second-order valence-electron chi connectivity index (χ2n) is 4.85. The van der Waals surface area contributed by atoms with E-state index in [0.717, 1.165) is 13.1 Å². The van der Waals surface area contributed by atoms with Gasteiger partial charge in [0.25, 0.3) is 0 Å². The Balaban J connectivity index is 1.85. The molecule has 6 nitrogen and oxygen atoms in total. The Hall–Kier alpha value is -0.920. The molecule has 0 aromatic carbocycles. The summed E-state index contributed by atoms with van der Waals surface area (Å²) in [6.45, 7) is 3.14. The van der Waals surface area contributed by atoms with Crippen molar-refractivity contribution in [1.29, 1.82) is 0 Å². The van der Waals surface area contributed by atoms with E-state index >= 15 is 0 Å². The lowest BCUT2D eigenvalue weighted by Gasteiger charge is -2.15. The first-order valence-electron chi connectivity index (χ1n) is 5.77. The molecule has 1 aromatic rings. The lowest BCUT2D eigenvalue weighted by atomic mass is 10.0. The van der Waals surface area contributed by atoms with Gasteiger partial charge < -0.3 is 5.32 Å². The van der Waals surface area contributed by atoms with Gasteiger partial charge in [-0.1, -0.05) is 0 Å². The van der Waals surface area contributed by atoms with Crippen LogP contribution in [0.4, 0.5) is 0 Å². The van der Waals surface area contributed by atoms with E-state index in [0.29, 0.717) is 29.8 Å². The molecule has 2 aliphatic rings. The van der Waals surface area contributed by atoms with Gasteiger partial charge in [0.15, 0.2) is 0 Å². The van der Waals surface area contributed by atoms with Crippen LogP contribution in [0.1, 0.15) is 0 Å². The van der Waals surface area contributed by atoms with Crippen molar-refractivity contribution in [3.8, 4) is 0 Å². The van der Waals surface area contributed by atoms with Crippen molar-refractivity contribution < 1.29 is 8.42 Å². The number of nitrogens with zero attached hydrogens (tertiary/aromatic N) is 3. The summed E-state index contributed by atoms with van der Waals surface area (Å²) in [5.74, 6) is 0.947. The summed E-state index contributed by atoms with van der Waals surface area (Å²) in [6, 6.07) is 0. The van der Waals surface area contributed by atoms with Crippen LogP contribution in [0.3, 0.4) is 0 Å². The molecule has 1 N–H and O–H groups in total. The van der Waals surface area contributed by atoms with E-state index in [4.69, 9.17) is 0 Å². The zero-order valence-electron chi connectivity index (χ0n) is 9.70. The monoisotopic (exact) mass is 256 g/mol. The van der Waals surface area contributed by atoms with Crippen LogP contribution in [0.25, 0.3) is 0 Å². The van der Waals surface area contributed by atoms with E-state index < -0.39 is 10.0 Å². The molecule has 0 saturated carbocycles. The maximum absolute atomic E-state index is 12.3. The molecule has 2 saturated heterocycles. The summed E-state index contributed by atoms with van der Waals surface area (Å²) in [6.07, 6.45) is 2.98. The third-order valence-corrected chi connectivity index (χ3v) is 5.46. The predicted molar refractivity (Wildman–Crippen MR) is 61.8 cm³/mol. The van der Waals surface area contributed by atoms with Gasteiger partial charge in [-0.25, -0.2) is 8.42 Å². The molecule has 3 heterocycles. The smallest absolute Gasteiger partial charge is 0.246 e. The number of sulfonamides is 1. The first-order valence-corrected chi connectivity index (χ1v) is 7.21. The summed E-state index contributed by atoms with van der Waals surface area (Å²) in [7, 11) is -1.61. The molecular weight excluding hydrogens is 240 g/mol. The van der Waals surface area contributed by atoms with Gasteiger partial charge in [-0.3, -0.25) is 4.68 Å². The van der Waals surface area contributed by atoms with Crippen molar-refractivity contribution in [1.82, 2.24) is 19.4 Å². The van der Waals surface area contributed by atoms with E-state index in [9.17, 15) is 8.42 Å². The van der Waals surface area contributed by atoms with Crippen molar-refractivity contribution in [3.05, 3.63) is 12.4 Å². The SMILES string of the molecule is Cn1cc(S(=O)(=O)N2C[C@H]3CNC[C@H]3C2)cn1. The molecule has 0 aliphatic carbocycles. The highest BCUT2D eigenvalue weighted by atomic mass is 32.2. The topological polar surface area (TPSA) is 67.2 Å². The van der Waals surface area contributed by atoms with Crippen molar-refractivity contribution in [2.45, 2.75) is 4.90 Å². The number of aromatic nitrogens is 2. The van der Waals surface area contributed by atoms with Gasteiger partial charge in [0.2, 0.25) is 10.0 Å². The average Bonchev–Trinajstić information content (AvgIpc) is 2.89. The van der Waals surface area contributed by atoms with Gasteiger partial charge in [0.1, 0.15) is 4.90 Å². The largest absolute Gasteiger partial charge is 0.316 e. The fourth-order valence-electron chi connectivity index (χ4n) is 2.69. The van der Waals surface area contributed by atoms with Crippen LogP contribution in [-0.2, 0) is 17.1 Å². The summed E-state index contributed by atoms with van der Waals surface area (Å²) in [5.41, 5.74) is 0. The molecule has 0 amide bonds. The van der Waals surface area contributed by atoms with Crippen LogP contribution in [0, 0.1) is 11.8 Å². The van der Waals surface area contributed by atoms with E-state index in [1.807, 2.05) is 0 Å². The number of hydrogen-bond acceptors (Lipinski definition) is 4. The number of nitrogens with one attached hydrogen (secondary N) is 1. The molecule has 0 spiro atoms. The molecule has 3 rings (SSSR count). The zero-order valence-corrected chi connectivity index (χ0v) is 10.5. The molecule has 7 heteroatoms. The highest BCUT2D eigenvalue weighted by molar-refractivity contribution is 7.89. The van der Waals surface area contributed by atoms with E-state index in [-0.39, 0.29) is 0 Å². The van der Waals surface area contributed by atoms with E-state index in [1.165, 1.54) is 10.9 Å². The number of aryl methyl sites for hydroxylation is 1. The number of rotatable bonds is 2. The van der Waals surface area contributed by atoms with Crippen LogP contribution < -0.4 is 5.32 Å². The molecule has 17 heavy (non-hydrogen) atoms. The summed E-state index contributed by atoms with van der Waals surface area (Å²) < 4.78 is 27.8. The second-order valence-corrected chi connectivity index (χ2v) is 6.79. The molecule has 1 aromatic heterocycles. The minimum Gasteiger partial charge on any atom is -0.316 e. The van der Waals surface area contributed by atoms with Crippen LogP contribution in [0.15, 0.2) is 17.3 Å². The molecule has 0 bridgehead atoms. The highest BCUT2D eigenvalue weighted by Crippen LogP contribution is 2.30. The molecule has 0 unspecified atom stereocenters. The minimum absolute atomic E-state index is 0.299. The van der Waals surface area contributed by atoms with E-state index in [1.54, 1.807) is 17.5 Å². The van der Waals surface area contributed by atoms with Crippen LogP contribution >= 0.6 is 0 Å². The zero-order chi connectivity index (χ0) is 12.0. The maximum Gasteiger partial charge on any atom is 0.246 e. The van der Waals surface area contributed by atoms with Gasteiger partial charge in [-0.2, -0.15) is 9.40 Å².